The Labute approximate surface area is 149 Å². The summed E-state index contributed by atoms with van der Waals surface area (Å²) in [5, 5.41) is 13.0. The van der Waals surface area contributed by atoms with Crippen molar-refractivity contribution in [2.75, 3.05) is 0 Å². The van der Waals surface area contributed by atoms with Gasteiger partial charge in [0, 0.05) is 17.7 Å². The number of benzene rings is 3. The van der Waals surface area contributed by atoms with E-state index in [1.165, 1.54) is 17.5 Å². The van der Waals surface area contributed by atoms with E-state index >= 15 is 0 Å². The molecule has 4 aromatic rings. The van der Waals surface area contributed by atoms with Gasteiger partial charge in [0.1, 0.15) is 11.5 Å². The maximum atomic E-state index is 10.7. The highest BCUT2D eigenvalue weighted by Gasteiger charge is 2.07. The first-order chi connectivity index (χ1) is 12.7. The first-order valence-electron chi connectivity index (χ1n) is 8.06. The van der Waals surface area contributed by atoms with Gasteiger partial charge in [0.15, 0.2) is 0 Å². The number of rotatable bonds is 4. The molecule has 0 atom stereocenters. The number of nitro groups is 1. The standard InChI is InChI=1S/C21H14N2O3/c24-23(25)19-9-6-16(7-10-19)21-12-11-20(26-21)14-22-18-8-5-15-3-1-2-4-17(15)13-18/h1-14H. The molecule has 0 N–H and O–H groups in total. The molecule has 0 fully saturated rings. The van der Waals surface area contributed by atoms with Crippen molar-refractivity contribution >= 4 is 28.4 Å². The van der Waals surface area contributed by atoms with Crippen LogP contribution in [0.2, 0.25) is 0 Å². The van der Waals surface area contributed by atoms with Gasteiger partial charge in [-0.15, -0.1) is 0 Å². The topological polar surface area (TPSA) is 68.6 Å². The molecule has 4 rings (SSSR count). The fourth-order valence-electron chi connectivity index (χ4n) is 2.72. The predicted octanol–water partition coefficient (Wildman–Crippen LogP) is 5.76. The molecule has 0 amide bonds. The Morgan fingerprint density at radius 3 is 2.42 bits per heavy atom. The van der Waals surface area contributed by atoms with Crippen molar-refractivity contribution in [1.29, 1.82) is 0 Å². The molecule has 0 aliphatic heterocycles. The highest BCUT2D eigenvalue weighted by Crippen LogP contribution is 2.25. The third-order valence-electron chi connectivity index (χ3n) is 4.06. The number of non-ortho nitro benzene ring substituents is 1. The highest BCUT2D eigenvalue weighted by atomic mass is 16.6. The minimum Gasteiger partial charge on any atom is -0.455 e. The highest BCUT2D eigenvalue weighted by molar-refractivity contribution is 5.87. The molecule has 0 aliphatic rings. The van der Waals surface area contributed by atoms with Crippen molar-refractivity contribution < 1.29 is 9.34 Å². The number of furan rings is 1. The van der Waals surface area contributed by atoms with Crippen LogP contribution in [0.15, 0.2) is 88.3 Å². The van der Waals surface area contributed by atoms with Crippen molar-refractivity contribution in [1.82, 2.24) is 0 Å². The van der Waals surface area contributed by atoms with E-state index in [2.05, 4.69) is 11.1 Å². The Kier molecular flexibility index (Phi) is 4.03. The molecule has 5 heteroatoms. The van der Waals surface area contributed by atoms with Crippen molar-refractivity contribution in [3.8, 4) is 11.3 Å². The van der Waals surface area contributed by atoms with Crippen molar-refractivity contribution in [2.24, 2.45) is 4.99 Å². The summed E-state index contributed by atoms with van der Waals surface area (Å²) in [6.45, 7) is 0. The molecule has 0 unspecified atom stereocenters. The largest absolute Gasteiger partial charge is 0.455 e. The molecule has 0 radical (unpaired) electrons. The summed E-state index contributed by atoms with van der Waals surface area (Å²) in [5.41, 5.74) is 1.68. The van der Waals surface area contributed by atoms with E-state index in [0.717, 1.165) is 16.6 Å². The van der Waals surface area contributed by atoms with E-state index in [1.807, 2.05) is 48.5 Å². The maximum Gasteiger partial charge on any atom is 0.269 e. The van der Waals surface area contributed by atoms with Gasteiger partial charge >= 0.3 is 0 Å². The van der Waals surface area contributed by atoms with Gasteiger partial charge in [-0.2, -0.15) is 0 Å². The molecule has 0 aliphatic carbocycles. The molecule has 3 aromatic carbocycles. The molecular weight excluding hydrogens is 328 g/mol. The van der Waals surface area contributed by atoms with Crippen LogP contribution in [0.3, 0.4) is 0 Å². The van der Waals surface area contributed by atoms with Crippen LogP contribution in [-0.4, -0.2) is 11.1 Å². The fraction of sp³-hybridized carbons (Fsp3) is 0. The van der Waals surface area contributed by atoms with Crippen LogP contribution in [0.4, 0.5) is 11.4 Å². The normalized spacial score (nSPS) is 11.2. The quantitative estimate of drug-likeness (QED) is 0.269. The molecule has 0 bridgehead atoms. The third-order valence-corrected chi connectivity index (χ3v) is 4.06. The molecule has 0 saturated heterocycles. The smallest absolute Gasteiger partial charge is 0.269 e. The van der Waals surface area contributed by atoms with Gasteiger partial charge in [0.25, 0.3) is 5.69 Å². The van der Waals surface area contributed by atoms with E-state index in [4.69, 9.17) is 4.42 Å². The first-order valence-corrected chi connectivity index (χ1v) is 8.06. The Hall–Kier alpha value is -3.73. The minimum absolute atomic E-state index is 0.0541. The summed E-state index contributed by atoms with van der Waals surface area (Å²) in [6, 6.07) is 24.0. The van der Waals surface area contributed by atoms with Crippen LogP contribution in [0, 0.1) is 10.1 Å². The summed E-state index contributed by atoms with van der Waals surface area (Å²) in [6.07, 6.45) is 1.67. The van der Waals surface area contributed by atoms with Gasteiger partial charge in [0.2, 0.25) is 0 Å². The van der Waals surface area contributed by atoms with E-state index in [9.17, 15) is 10.1 Å². The number of aliphatic imine (C=N–C) groups is 1. The van der Waals surface area contributed by atoms with Gasteiger partial charge in [-0.05, 0) is 47.2 Å². The SMILES string of the molecule is O=[N+]([O-])c1ccc(-c2ccc(C=Nc3ccc4ccccc4c3)o2)cc1. The lowest BCUT2D eigenvalue weighted by atomic mass is 10.1. The molecule has 0 spiro atoms. The summed E-state index contributed by atoms with van der Waals surface area (Å²) < 4.78 is 5.76. The van der Waals surface area contributed by atoms with Gasteiger partial charge in [-0.3, -0.25) is 15.1 Å². The zero-order chi connectivity index (χ0) is 17.9. The lowest BCUT2D eigenvalue weighted by molar-refractivity contribution is -0.384. The lowest BCUT2D eigenvalue weighted by Crippen LogP contribution is -1.86. The molecule has 0 saturated carbocycles. The second kappa shape index (κ2) is 6.64. The van der Waals surface area contributed by atoms with E-state index in [0.29, 0.717) is 11.5 Å². The summed E-state index contributed by atoms with van der Waals surface area (Å²) in [4.78, 5) is 14.8. The molecule has 126 valence electrons. The molecule has 26 heavy (non-hydrogen) atoms. The Morgan fingerprint density at radius 1 is 0.885 bits per heavy atom. The Balaban J connectivity index is 1.55. The molecule has 5 nitrogen and oxygen atoms in total. The second-order valence-corrected chi connectivity index (χ2v) is 5.80. The van der Waals surface area contributed by atoms with Gasteiger partial charge in [0.05, 0.1) is 16.8 Å². The van der Waals surface area contributed by atoms with Crippen LogP contribution in [-0.2, 0) is 0 Å². The average Bonchev–Trinajstić information content (AvgIpc) is 3.15. The summed E-state index contributed by atoms with van der Waals surface area (Å²) >= 11 is 0. The second-order valence-electron chi connectivity index (χ2n) is 5.80. The van der Waals surface area contributed by atoms with E-state index in [-0.39, 0.29) is 5.69 Å². The Bertz CT molecular complexity index is 1110. The number of hydrogen-bond acceptors (Lipinski definition) is 4. The number of fused-ring (bicyclic) bond motifs is 1. The lowest BCUT2D eigenvalue weighted by Gasteiger charge is -1.98. The number of hydrogen-bond donors (Lipinski definition) is 0. The molecular formula is C21H14N2O3. The van der Waals surface area contributed by atoms with Crippen molar-refractivity contribution in [2.45, 2.75) is 0 Å². The third kappa shape index (κ3) is 3.23. The van der Waals surface area contributed by atoms with Gasteiger partial charge < -0.3 is 4.42 Å². The average molecular weight is 342 g/mol. The maximum absolute atomic E-state index is 10.7. The van der Waals surface area contributed by atoms with Crippen molar-refractivity contribution in [3.05, 3.63) is 94.7 Å². The summed E-state index contributed by atoms with van der Waals surface area (Å²) in [7, 11) is 0. The number of nitro benzene ring substituents is 1. The summed E-state index contributed by atoms with van der Waals surface area (Å²) in [5.74, 6) is 1.26. The predicted molar refractivity (Wildman–Crippen MR) is 102 cm³/mol. The van der Waals surface area contributed by atoms with Gasteiger partial charge in [-0.25, -0.2) is 0 Å². The monoisotopic (exact) mass is 342 g/mol. The van der Waals surface area contributed by atoms with Gasteiger partial charge in [-0.1, -0.05) is 30.3 Å². The zero-order valence-electron chi connectivity index (χ0n) is 13.7. The molecule has 1 heterocycles. The van der Waals surface area contributed by atoms with Crippen LogP contribution in [0.1, 0.15) is 5.76 Å². The van der Waals surface area contributed by atoms with Crippen LogP contribution < -0.4 is 0 Å². The van der Waals surface area contributed by atoms with E-state index in [1.54, 1.807) is 18.3 Å². The van der Waals surface area contributed by atoms with E-state index < -0.39 is 4.92 Å². The van der Waals surface area contributed by atoms with Crippen LogP contribution in [0.25, 0.3) is 22.1 Å². The zero-order valence-corrected chi connectivity index (χ0v) is 13.7. The fourth-order valence-corrected chi connectivity index (χ4v) is 2.72. The minimum atomic E-state index is -0.423. The number of nitrogens with zero attached hydrogens (tertiary/aromatic N) is 2. The van der Waals surface area contributed by atoms with Crippen LogP contribution >= 0.6 is 0 Å². The van der Waals surface area contributed by atoms with Crippen LogP contribution in [0.5, 0.6) is 0 Å². The Morgan fingerprint density at radius 2 is 1.65 bits per heavy atom. The van der Waals surface area contributed by atoms with Crippen molar-refractivity contribution in [3.63, 3.8) is 0 Å². The molecule has 1 aromatic heterocycles. The first kappa shape index (κ1) is 15.8.